The normalized spacial score (nSPS) is 11.5. The number of aromatic nitrogens is 2. The molecule has 0 aliphatic carbocycles. The lowest BCUT2D eigenvalue weighted by atomic mass is 10.1. The minimum atomic E-state index is -0.199. The molecule has 0 saturated carbocycles. The number of nitrogens with zero attached hydrogens (tertiary/aromatic N) is 2. The Morgan fingerprint density at radius 3 is 2.60 bits per heavy atom. The van der Waals surface area contributed by atoms with Gasteiger partial charge in [-0.2, -0.15) is 5.10 Å². The summed E-state index contributed by atoms with van der Waals surface area (Å²) in [6, 6.07) is 14.9. The molecule has 0 atom stereocenters. The van der Waals surface area contributed by atoms with Crippen LogP contribution < -0.4 is 15.6 Å². The lowest BCUT2D eigenvalue weighted by Gasteiger charge is -2.08. The highest BCUT2D eigenvalue weighted by molar-refractivity contribution is 8.03. The van der Waals surface area contributed by atoms with E-state index in [-0.39, 0.29) is 17.4 Å². The third kappa shape index (κ3) is 6.86. The Kier molecular flexibility index (Phi) is 8.30. The first-order valence-electron chi connectivity index (χ1n) is 9.36. The number of nitrogens with one attached hydrogen (secondary N) is 2. The molecule has 2 N–H and O–H groups in total. The largest absolute Gasteiger partial charge is 0.872 e. The average Bonchev–Trinajstić information content (AvgIpc) is 3.21. The number of hydrogen-bond acceptors (Lipinski definition) is 7. The number of hydrogen-bond donors (Lipinski definition) is 1. The molecule has 9 heteroatoms. The fourth-order valence-corrected chi connectivity index (χ4v) is 5.30. The molecule has 2 aromatic carbocycles. The van der Waals surface area contributed by atoms with Crippen molar-refractivity contribution in [3.05, 3.63) is 65.2 Å². The van der Waals surface area contributed by atoms with Gasteiger partial charge in [-0.15, -0.1) is 5.75 Å². The van der Waals surface area contributed by atoms with Gasteiger partial charge in [-0.1, -0.05) is 77.9 Å². The summed E-state index contributed by atoms with van der Waals surface area (Å²) < 4.78 is 1.81. The molecule has 3 rings (SSSR count). The zero-order chi connectivity index (χ0) is 21.3. The van der Waals surface area contributed by atoms with Gasteiger partial charge in [0.25, 0.3) is 5.91 Å². The van der Waals surface area contributed by atoms with Crippen LogP contribution in [0.15, 0.2) is 62.3 Å². The van der Waals surface area contributed by atoms with Crippen LogP contribution >= 0.6 is 34.9 Å². The number of carbonyl (C=O) groups excluding carboxylic acids is 1. The Morgan fingerprint density at radius 1 is 1.17 bits per heavy atom. The minimum Gasteiger partial charge on any atom is -0.872 e. The second kappa shape index (κ2) is 11.1. The molecule has 6 nitrogen and oxygen atoms in total. The van der Waals surface area contributed by atoms with Crippen molar-refractivity contribution in [1.82, 2.24) is 10.5 Å². The average molecular weight is 459 g/mol. The van der Waals surface area contributed by atoms with Crippen molar-refractivity contribution in [2.75, 3.05) is 5.75 Å². The van der Waals surface area contributed by atoms with E-state index < -0.39 is 0 Å². The predicted octanol–water partition coefficient (Wildman–Crippen LogP) is 3.65. The van der Waals surface area contributed by atoms with E-state index in [2.05, 4.69) is 51.9 Å². The maximum Gasteiger partial charge on any atom is 0.323 e. The molecule has 0 spiro atoms. The summed E-state index contributed by atoms with van der Waals surface area (Å²) in [7, 11) is 0. The lowest BCUT2D eigenvalue weighted by molar-refractivity contribution is -0.492. The van der Waals surface area contributed by atoms with Gasteiger partial charge in [-0.05, 0) is 47.6 Å². The van der Waals surface area contributed by atoms with E-state index in [1.54, 1.807) is 23.9 Å². The molecule has 0 radical (unpaired) electrons. The van der Waals surface area contributed by atoms with E-state index in [1.807, 2.05) is 6.92 Å². The van der Waals surface area contributed by atoms with Crippen molar-refractivity contribution in [2.45, 2.75) is 34.7 Å². The number of carbonyl (C=O) groups is 1. The van der Waals surface area contributed by atoms with Gasteiger partial charge >= 0.3 is 4.34 Å². The highest BCUT2D eigenvalue weighted by Gasteiger charge is 2.14. The standard InChI is InChI=1S/C21H22N4O2S3/c1-3-18(16-8-10-17(26)11-9-16)22-23-19(27)13-29-21-25-24-20(30-21)28-12-15-6-4-14(2)5-7-15/h4-11,26H,3,12-13H2,1-2H3,(H,23,27)/b22-18+. The van der Waals surface area contributed by atoms with Crippen LogP contribution in [0, 0.1) is 6.92 Å². The third-order valence-electron chi connectivity index (χ3n) is 4.07. The molecule has 1 amide bonds. The van der Waals surface area contributed by atoms with Crippen molar-refractivity contribution in [3.63, 3.8) is 0 Å². The van der Waals surface area contributed by atoms with E-state index in [0.717, 1.165) is 25.7 Å². The second-order valence-corrected chi connectivity index (χ2v) is 9.88. The van der Waals surface area contributed by atoms with Gasteiger partial charge < -0.3 is 5.11 Å². The number of thioether (sulfide) groups is 2. The quantitative estimate of drug-likeness (QED) is 0.300. The molecule has 0 aliphatic rings. The summed E-state index contributed by atoms with van der Waals surface area (Å²) in [4.78, 5) is 12.1. The molecule has 1 aromatic heterocycles. The van der Waals surface area contributed by atoms with Crippen LogP contribution in [0.1, 0.15) is 30.0 Å². The van der Waals surface area contributed by atoms with Crippen molar-refractivity contribution in [3.8, 4) is 5.75 Å². The molecule has 1 heterocycles. The molecular weight excluding hydrogens is 436 g/mol. The van der Waals surface area contributed by atoms with E-state index in [1.165, 1.54) is 46.4 Å². The highest BCUT2D eigenvalue weighted by Crippen LogP contribution is 2.28. The Hall–Kier alpha value is -2.36. The summed E-state index contributed by atoms with van der Waals surface area (Å²) in [6.07, 6.45) is 0.647. The first-order chi connectivity index (χ1) is 14.5. The molecular formula is C21H22N4O2S3. The number of aryl methyl sites for hydroxylation is 1. The predicted molar refractivity (Wildman–Crippen MR) is 121 cm³/mol. The third-order valence-corrected chi connectivity index (χ3v) is 7.40. The van der Waals surface area contributed by atoms with Gasteiger partial charge in [0.2, 0.25) is 4.34 Å². The van der Waals surface area contributed by atoms with Gasteiger partial charge in [0, 0.05) is 10.9 Å². The first kappa shape index (κ1) is 22.3. The van der Waals surface area contributed by atoms with Crippen molar-refractivity contribution in [2.24, 2.45) is 5.10 Å². The van der Waals surface area contributed by atoms with Gasteiger partial charge in [-0.3, -0.25) is 4.79 Å². The van der Waals surface area contributed by atoms with Crippen molar-refractivity contribution in [1.29, 1.82) is 0 Å². The maximum absolute atomic E-state index is 12.1. The van der Waals surface area contributed by atoms with Gasteiger partial charge in [0.1, 0.15) is 0 Å². The number of amides is 1. The molecule has 30 heavy (non-hydrogen) atoms. The Bertz CT molecular complexity index is 1000. The van der Waals surface area contributed by atoms with Crippen LogP contribution in [0.5, 0.6) is 5.75 Å². The van der Waals surface area contributed by atoms with Gasteiger partial charge in [-0.25, -0.2) is 5.43 Å². The number of H-pyrrole nitrogens is 1. The van der Waals surface area contributed by atoms with Crippen LogP contribution in [-0.2, 0) is 10.5 Å². The summed E-state index contributed by atoms with van der Waals surface area (Å²) >= 11 is 4.60. The smallest absolute Gasteiger partial charge is 0.323 e. The molecule has 3 aromatic rings. The van der Waals surface area contributed by atoms with Crippen LogP contribution in [0.4, 0.5) is 0 Å². The minimum absolute atomic E-state index is 0.0497. The molecule has 0 unspecified atom stereocenters. The van der Waals surface area contributed by atoms with Gasteiger partial charge in [0.05, 0.1) is 11.5 Å². The summed E-state index contributed by atoms with van der Waals surface area (Å²) in [6.45, 7) is 4.03. The summed E-state index contributed by atoms with van der Waals surface area (Å²) in [5.74, 6) is 0.844. The fourth-order valence-electron chi connectivity index (χ4n) is 2.46. The molecule has 0 bridgehead atoms. The monoisotopic (exact) mass is 458 g/mol. The molecule has 0 fully saturated rings. The van der Waals surface area contributed by atoms with Gasteiger partial charge in [0.15, 0.2) is 0 Å². The number of benzene rings is 2. The van der Waals surface area contributed by atoms with Crippen LogP contribution in [0.2, 0.25) is 0 Å². The van der Waals surface area contributed by atoms with E-state index >= 15 is 0 Å². The van der Waals surface area contributed by atoms with Crippen LogP contribution in [-0.4, -0.2) is 22.5 Å². The second-order valence-electron chi connectivity index (χ2n) is 6.41. The molecule has 0 aliphatic heterocycles. The zero-order valence-electron chi connectivity index (χ0n) is 16.7. The fraction of sp³-hybridized carbons (Fsp3) is 0.238. The Balaban J connectivity index is 1.46. The van der Waals surface area contributed by atoms with E-state index in [9.17, 15) is 9.90 Å². The van der Waals surface area contributed by atoms with E-state index in [4.69, 9.17) is 0 Å². The molecule has 156 valence electrons. The Labute approximate surface area is 188 Å². The highest BCUT2D eigenvalue weighted by atomic mass is 32.2. The molecule has 0 saturated heterocycles. The number of hydrazone groups is 1. The first-order valence-corrected chi connectivity index (χ1v) is 12.1. The van der Waals surface area contributed by atoms with Crippen molar-refractivity contribution < 1.29 is 15.0 Å². The van der Waals surface area contributed by atoms with Crippen LogP contribution in [0.3, 0.4) is 0 Å². The Morgan fingerprint density at radius 2 is 1.90 bits per heavy atom. The van der Waals surface area contributed by atoms with Crippen LogP contribution in [0.25, 0.3) is 0 Å². The number of aromatic amines is 1. The topological polar surface area (TPSA) is 91.6 Å². The van der Waals surface area contributed by atoms with E-state index in [0.29, 0.717) is 6.42 Å². The SMILES string of the molecule is CC/C(=N\NC(=O)CSc1n[nH+]c(SCc2ccc(C)cc2)s1)c1ccc([O-])cc1. The zero-order valence-corrected chi connectivity index (χ0v) is 19.1. The summed E-state index contributed by atoms with van der Waals surface area (Å²) in [5, 5.41) is 22.7. The van der Waals surface area contributed by atoms with Crippen molar-refractivity contribution >= 4 is 46.5 Å². The summed E-state index contributed by atoms with van der Waals surface area (Å²) in [5.41, 5.74) is 6.65. The lowest BCUT2D eigenvalue weighted by Crippen LogP contribution is -2.21. The maximum atomic E-state index is 12.1. The number of rotatable bonds is 9.